The van der Waals surface area contributed by atoms with Gasteiger partial charge in [-0.25, -0.2) is 4.68 Å². The second-order valence-electron chi connectivity index (χ2n) is 5.39. The van der Waals surface area contributed by atoms with Crippen LogP contribution in [0.25, 0.3) is 10.9 Å². The number of benzene rings is 1. The second-order valence-corrected chi connectivity index (χ2v) is 5.39. The van der Waals surface area contributed by atoms with Crippen LogP contribution in [-0.4, -0.2) is 4.68 Å². The average molecular weight is 336 g/mol. The van der Waals surface area contributed by atoms with Gasteiger partial charge in [0.2, 0.25) is 0 Å². The normalized spacial score (nSPS) is 13.2. The fourth-order valence-corrected chi connectivity index (χ4v) is 2.68. The van der Waals surface area contributed by atoms with Gasteiger partial charge >= 0.3 is 6.18 Å². The van der Waals surface area contributed by atoms with E-state index >= 15 is 0 Å². The van der Waals surface area contributed by atoms with Crippen molar-refractivity contribution >= 4 is 10.9 Å². The Labute approximate surface area is 135 Å². The molecule has 2 heterocycles. The fourth-order valence-electron chi connectivity index (χ4n) is 2.68. The van der Waals surface area contributed by atoms with Crippen LogP contribution in [0.3, 0.4) is 0 Å². The van der Waals surface area contributed by atoms with Crippen LogP contribution in [0.2, 0.25) is 0 Å². The van der Waals surface area contributed by atoms with E-state index in [2.05, 4.69) is 5.43 Å². The number of hydrogen-bond acceptors (Lipinski definition) is 3. The third kappa shape index (κ3) is 2.89. The van der Waals surface area contributed by atoms with Crippen LogP contribution in [0, 0.1) is 0 Å². The van der Waals surface area contributed by atoms with Crippen molar-refractivity contribution in [2.75, 3.05) is 5.43 Å². The molecule has 3 rings (SSSR count). The molecule has 0 aliphatic rings. The van der Waals surface area contributed by atoms with Gasteiger partial charge in [-0.2, -0.15) is 13.2 Å². The summed E-state index contributed by atoms with van der Waals surface area (Å²) in [7, 11) is 0. The highest BCUT2D eigenvalue weighted by Gasteiger charge is 2.34. The largest absolute Gasteiger partial charge is 0.472 e. The van der Waals surface area contributed by atoms with Crippen molar-refractivity contribution in [3.8, 4) is 0 Å². The maximum Gasteiger partial charge on any atom is 0.417 e. The van der Waals surface area contributed by atoms with Crippen molar-refractivity contribution in [3.05, 3.63) is 70.4 Å². The number of furan rings is 1. The van der Waals surface area contributed by atoms with Crippen LogP contribution >= 0.6 is 0 Å². The van der Waals surface area contributed by atoms with E-state index in [1.807, 2.05) is 6.92 Å². The number of para-hydroxylation sites is 1. The topological polar surface area (TPSA) is 47.2 Å². The van der Waals surface area contributed by atoms with E-state index in [0.29, 0.717) is 12.5 Å². The monoisotopic (exact) mass is 336 g/mol. The van der Waals surface area contributed by atoms with Crippen molar-refractivity contribution in [3.63, 3.8) is 0 Å². The van der Waals surface area contributed by atoms with E-state index in [9.17, 15) is 18.0 Å². The zero-order valence-corrected chi connectivity index (χ0v) is 12.8. The predicted molar refractivity (Wildman–Crippen MR) is 84.3 cm³/mol. The lowest BCUT2D eigenvalue weighted by atomic mass is 10.1. The quantitative estimate of drug-likeness (QED) is 0.772. The molecule has 0 spiro atoms. The molecule has 0 fully saturated rings. The van der Waals surface area contributed by atoms with E-state index in [1.165, 1.54) is 24.5 Å². The first kappa shape index (κ1) is 16.2. The molecule has 24 heavy (non-hydrogen) atoms. The van der Waals surface area contributed by atoms with Crippen LogP contribution in [0.1, 0.15) is 30.5 Å². The van der Waals surface area contributed by atoms with Crippen molar-refractivity contribution in [1.29, 1.82) is 0 Å². The molecule has 2 aromatic heterocycles. The lowest BCUT2D eigenvalue weighted by Gasteiger charge is -2.21. The zero-order chi connectivity index (χ0) is 17.3. The Bertz CT molecular complexity index is 898. The van der Waals surface area contributed by atoms with E-state index < -0.39 is 17.3 Å². The van der Waals surface area contributed by atoms with Gasteiger partial charge in [0.15, 0.2) is 0 Å². The summed E-state index contributed by atoms with van der Waals surface area (Å²) >= 11 is 0. The first-order chi connectivity index (χ1) is 11.4. The third-order valence-electron chi connectivity index (χ3n) is 3.87. The lowest BCUT2D eigenvalue weighted by molar-refractivity contribution is -0.136. The molecule has 1 unspecified atom stereocenters. The van der Waals surface area contributed by atoms with Gasteiger partial charge in [0, 0.05) is 17.0 Å². The van der Waals surface area contributed by atoms with Crippen molar-refractivity contribution in [2.45, 2.75) is 25.6 Å². The average Bonchev–Trinajstić information content (AvgIpc) is 3.07. The Morgan fingerprint density at radius 3 is 2.62 bits per heavy atom. The Balaban J connectivity index is 2.16. The molecular formula is C17H15F3N2O2. The van der Waals surface area contributed by atoms with Gasteiger partial charge in [-0.1, -0.05) is 25.1 Å². The highest BCUT2D eigenvalue weighted by Crippen LogP contribution is 2.33. The number of nitrogens with zero attached hydrogens (tertiary/aromatic N) is 1. The van der Waals surface area contributed by atoms with E-state index in [1.54, 1.807) is 18.4 Å². The van der Waals surface area contributed by atoms with Crippen LogP contribution in [-0.2, 0) is 6.18 Å². The Morgan fingerprint density at radius 1 is 1.25 bits per heavy atom. The molecule has 0 aliphatic carbocycles. The number of fused-ring (bicyclic) bond motifs is 1. The molecule has 1 atom stereocenters. The minimum Gasteiger partial charge on any atom is -0.472 e. The van der Waals surface area contributed by atoms with Crippen molar-refractivity contribution in [2.24, 2.45) is 0 Å². The number of nitrogens with one attached hydrogen (secondary N) is 1. The maximum absolute atomic E-state index is 13.2. The molecule has 0 saturated carbocycles. The third-order valence-corrected chi connectivity index (χ3v) is 3.87. The molecule has 4 nitrogen and oxygen atoms in total. The lowest BCUT2D eigenvalue weighted by Crippen LogP contribution is -2.32. The van der Waals surface area contributed by atoms with Crippen molar-refractivity contribution in [1.82, 2.24) is 4.68 Å². The summed E-state index contributed by atoms with van der Waals surface area (Å²) in [4.78, 5) is 12.3. The number of aromatic nitrogens is 1. The summed E-state index contributed by atoms with van der Waals surface area (Å²) in [5.74, 6) is 0. The SMILES string of the molecule is CCC(Nn1c(=O)cc(C(F)(F)F)c2ccccc21)c1ccoc1. The van der Waals surface area contributed by atoms with Gasteiger partial charge in [0.1, 0.15) is 0 Å². The van der Waals surface area contributed by atoms with Gasteiger partial charge < -0.3 is 9.84 Å². The van der Waals surface area contributed by atoms with E-state index in [-0.39, 0.29) is 16.9 Å². The Hall–Kier alpha value is -2.70. The smallest absolute Gasteiger partial charge is 0.417 e. The number of pyridine rings is 1. The highest BCUT2D eigenvalue weighted by molar-refractivity contribution is 5.83. The molecule has 0 saturated heterocycles. The first-order valence-corrected chi connectivity index (χ1v) is 7.42. The standard InChI is InChI=1S/C17H15F3N2O2/c1-2-14(11-7-8-24-10-11)21-22-15-6-4-3-5-12(15)13(9-16(22)23)17(18,19)20/h3-10,14,21H,2H2,1H3. The van der Waals surface area contributed by atoms with E-state index in [4.69, 9.17) is 4.42 Å². The van der Waals surface area contributed by atoms with Crippen molar-refractivity contribution < 1.29 is 17.6 Å². The summed E-state index contributed by atoms with van der Waals surface area (Å²) in [6.07, 6.45) is -0.917. The summed E-state index contributed by atoms with van der Waals surface area (Å²) < 4.78 is 45.8. The number of hydrogen-bond donors (Lipinski definition) is 1. The molecular weight excluding hydrogens is 321 g/mol. The highest BCUT2D eigenvalue weighted by atomic mass is 19.4. The van der Waals surface area contributed by atoms with E-state index in [0.717, 1.165) is 10.2 Å². The summed E-state index contributed by atoms with van der Waals surface area (Å²) in [5.41, 5.74) is 2.30. The van der Waals surface area contributed by atoms with Gasteiger partial charge in [-0.05, 0) is 18.6 Å². The molecule has 3 aromatic rings. The van der Waals surface area contributed by atoms with Crippen LogP contribution < -0.4 is 11.0 Å². The summed E-state index contributed by atoms with van der Waals surface area (Å²) in [6.45, 7) is 1.90. The summed E-state index contributed by atoms with van der Waals surface area (Å²) in [5, 5.41) is -0.0286. The van der Waals surface area contributed by atoms with Gasteiger partial charge in [0.05, 0.1) is 29.6 Å². The van der Waals surface area contributed by atoms with Gasteiger partial charge in [-0.15, -0.1) is 0 Å². The minimum atomic E-state index is -4.59. The molecule has 0 aliphatic heterocycles. The minimum absolute atomic E-state index is 0.0286. The first-order valence-electron chi connectivity index (χ1n) is 7.42. The molecule has 0 radical (unpaired) electrons. The summed E-state index contributed by atoms with van der Waals surface area (Å²) in [6, 6.07) is 8.06. The molecule has 7 heteroatoms. The van der Waals surface area contributed by atoms with Gasteiger partial charge in [-0.3, -0.25) is 4.79 Å². The zero-order valence-electron chi connectivity index (χ0n) is 12.8. The molecule has 0 amide bonds. The number of alkyl halides is 3. The Kier molecular flexibility index (Phi) is 4.09. The Morgan fingerprint density at radius 2 is 2.00 bits per heavy atom. The molecule has 126 valence electrons. The fraction of sp³-hybridized carbons (Fsp3) is 0.235. The molecule has 1 aromatic carbocycles. The van der Waals surface area contributed by atoms with Crippen LogP contribution in [0.5, 0.6) is 0 Å². The molecule has 0 bridgehead atoms. The van der Waals surface area contributed by atoms with Crippen LogP contribution in [0.4, 0.5) is 13.2 Å². The van der Waals surface area contributed by atoms with Gasteiger partial charge in [0.25, 0.3) is 5.56 Å². The predicted octanol–water partition coefficient (Wildman–Crippen LogP) is 4.31. The maximum atomic E-state index is 13.2. The molecule has 1 N–H and O–H groups in total. The number of halogens is 3. The second kappa shape index (κ2) is 6.07. The number of rotatable bonds is 4. The van der Waals surface area contributed by atoms with Crippen LogP contribution in [0.15, 0.2) is 58.1 Å².